The molecule has 0 aliphatic carbocycles. The lowest BCUT2D eigenvalue weighted by Crippen LogP contribution is -1.99. The van der Waals surface area contributed by atoms with E-state index in [2.05, 4.69) is 66.8 Å². The summed E-state index contributed by atoms with van der Waals surface area (Å²) in [5.74, 6) is 0.951. The van der Waals surface area contributed by atoms with Crippen LogP contribution >= 0.6 is 0 Å². The molecular weight excluding hydrogens is 468 g/mol. The predicted molar refractivity (Wildman–Crippen MR) is 150 cm³/mol. The van der Waals surface area contributed by atoms with Crippen molar-refractivity contribution in [1.29, 1.82) is 0 Å². The quantitative estimate of drug-likeness (QED) is 0.265. The van der Waals surface area contributed by atoms with Gasteiger partial charge in [-0.25, -0.2) is 0 Å². The van der Waals surface area contributed by atoms with Gasteiger partial charge in [-0.3, -0.25) is 9.97 Å². The zero-order valence-corrected chi connectivity index (χ0v) is 20.2. The first-order valence-corrected chi connectivity index (χ1v) is 12.3. The van der Waals surface area contributed by atoms with Crippen LogP contribution in [0, 0.1) is 0 Å². The van der Waals surface area contributed by atoms with E-state index in [9.17, 15) is 0 Å². The van der Waals surface area contributed by atoms with Crippen molar-refractivity contribution in [3.05, 3.63) is 122 Å². The Bertz CT molecular complexity index is 1760. The zero-order valence-electron chi connectivity index (χ0n) is 20.2. The summed E-state index contributed by atoms with van der Waals surface area (Å²) in [5, 5.41) is 21.9. The molecule has 4 aromatic carbocycles. The smallest absolute Gasteiger partial charge is 0.203 e. The molecule has 0 saturated heterocycles. The van der Waals surface area contributed by atoms with Crippen molar-refractivity contribution in [3.63, 3.8) is 0 Å². The molecule has 0 unspecified atom stereocenters. The first kappa shape index (κ1) is 21.9. The summed E-state index contributed by atoms with van der Waals surface area (Å²) >= 11 is 0. The van der Waals surface area contributed by atoms with E-state index in [-0.39, 0.29) is 0 Å². The van der Waals surface area contributed by atoms with Crippen LogP contribution in [0.15, 0.2) is 122 Å². The fraction of sp³-hybridized carbons (Fsp3) is 0. The van der Waals surface area contributed by atoms with Crippen LogP contribution in [0.1, 0.15) is 0 Å². The molecular formula is C32H20N6. The summed E-state index contributed by atoms with van der Waals surface area (Å²) in [5.41, 5.74) is 5.59. The molecule has 0 N–H and O–H groups in total. The van der Waals surface area contributed by atoms with E-state index >= 15 is 0 Å². The topological polar surface area (TPSA) is 77.3 Å². The largest absolute Gasteiger partial charge is 0.256 e. The maximum absolute atomic E-state index is 4.60. The van der Waals surface area contributed by atoms with Gasteiger partial charge in [-0.1, -0.05) is 97.1 Å². The molecule has 0 bridgehead atoms. The van der Waals surface area contributed by atoms with Gasteiger partial charge in [0.1, 0.15) is 0 Å². The van der Waals surface area contributed by atoms with Gasteiger partial charge in [-0.05, 0) is 22.9 Å². The third-order valence-electron chi connectivity index (χ3n) is 6.62. The van der Waals surface area contributed by atoms with Gasteiger partial charge >= 0.3 is 0 Å². The third kappa shape index (κ3) is 4.14. The third-order valence-corrected chi connectivity index (χ3v) is 6.62. The Labute approximate surface area is 218 Å². The highest BCUT2D eigenvalue weighted by atomic mass is 15.3. The minimum absolute atomic E-state index is 0.476. The Kier molecular flexibility index (Phi) is 5.33. The summed E-state index contributed by atoms with van der Waals surface area (Å²) in [7, 11) is 0. The van der Waals surface area contributed by atoms with E-state index in [0.29, 0.717) is 11.6 Å². The average Bonchev–Trinajstić information content (AvgIpc) is 3.01. The van der Waals surface area contributed by atoms with Crippen LogP contribution in [0.2, 0.25) is 0 Å². The molecule has 6 heteroatoms. The van der Waals surface area contributed by atoms with Gasteiger partial charge in [0.2, 0.25) is 11.6 Å². The highest BCUT2D eigenvalue weighted by Gasteiger charge is 2.09. The molecule has 0 atom stereocenters. The van der Waals surface area contributed by atoms with Gasteiger partial charge in [-0.2, -0.15) is 0 Å². The molecule has 0 radical (unpaired) electrons. The van der Waals surface area contributed by atoms with Crippen molar-refractivity contribution in [3.8, 4) is 45.3 Å². The Morgan fingerprint density at radius 2 is 0.684 bits per heavy atom. The first-order valence-electron chi connectivity index (χ1n) is 12.3. The number of fused-ring (bicyclic) bond motifs is 2. The van der Waals surface area contributed by atoms with Crippen LogP contribution < -0.4 is 0 Å². The molecule has 7 rings (SSSR count). The number of aromatic nitrogens is 6. The minimum atomic E-state index is 0.476. The molecule has 178 valence electrons. The lowest BCUT2D eigenvalue weighted by molar-refractivity contribution is 0.876. The maximum Gasteiger partial charge on any atom is 0.203 e. The molecule has 0 fully saturated rings. The van der Waals surface area contributed by atoms with Crippen molar-refractivity contribution >= 4 is 21.5 Å². The molecule has 38 heavy (non-hydrogen) atoms. The van der Waals surface area contributed by atoms with Crippen LogP contribution in [-0.2, 0) is 0 Å². The lowest BCUT2D eigenvalue weighted by atomic mass is 10.1. The Hall–Kier alpha value is -5.36. The molecule has 0 saturated carbocycles. The first-order chi connectivity index (χ1) is 18.8. The Morgan fingerprint density at radius 3 is 1.08 bits per heavy atom. The second-order valence-corrected chi connectivity index (χ2v) is 9.04. The van der Waals surface area contributed by atoms with Gasteiger partial charge in [0.25, 0.3) is 0 Å². The molecule has 3 aromatic heterocycles. The monoisotopic (exact) mass is 488 g/mol. The second-order valence-electron chi connectivity index (χ2n) is 9.04. The zero-order chi connectivity index (χ0) is 25.3. The van der Waals surface area contributed by atoms with Crippen molar-refractivity contribution < 1.29 is 0 Å². The fourth-order valence-electron chi connectivity index (χ4n) is 4.52. The van der Waals surface area contributed by atoms with E-state index in [4.69, 9.17) is 0 Å². The second kappa shape index (κ2) is 9.26. The number of benzene rings is 4. The Balaban J connectivity index is 1.10. The molecule has 7 aromatic rings. The number of rotatable bonds is 4. The predicted octanol–water partition coefficient (Wildman–Crippen LogP) is 7.03. The molecule has 0 spiro atoms. The standard InChI is InChI=1S/C32H20N6/c1-3-7-27-19-33-29(17-25(27)5-1)21-9-13-23(14-10-21)31-35-37-32(38-36-31)24-15-11-22(12-16-24)30-18-26-6-2-4-8-28(26)20-34-30/h1-20H. The number of nitrogens with zero attached hydrogens (tertiary/aromatic N) is 6. The van der Waals surface area contributed by atoms with Crippen LogP contribution in [0.4, 0.5) is 0 Å². The van der Waals surface area contributed by atoms with E-state index in [1.165, 1.54) is 0 Å². The van der Waals surface area contributed by atoms with Crippen molar-refractivity contribution in [2.24, 2.45) is 0 Å². The van der Waals surface area contributed by atoms with E-state index in [1.54, 1.807) is 0 Å². The van der Waals surface area contributed by atoms with Gasteiger partial charge in [-0.15, -0.1) is 20.4 Å². The van der Waals surface area contributed by atoms with Gasteiger partial charge in [0.05, 0.1) is 11.4 Å². The lowest BCUT2D eigenvalue weighted by Gasteiger charge is -2.06. The molecule has 3 heterocycles. The number of pyridine rings is 2. The van der Waals surface area contributed by atoms with Crippen LogP contribution in [0.5, 0.6) is 0 Å². The summed E-state index contributed by atoms with van der Waals surface area (Å²) in [6, 6.07) is 36.6. The highest BCUT2D eigenvalue weighted by molar-refractivity contribution is 5.86. The summed E-state index contributed by atoms with van der Waals surface area (Å²) < 4.78 is 0. The Morgan fingerprint density at radius 1 is 0.342 bits per heavy atom. The van der Waals surface area contributed by atoms with E-state index in [1.807, 2.05) is 85.2 Å². The number of hydrogen-bond acceptors (Lipinski definition) is 6. The normalized spacial score (nSPS) is 11.2. The van der Waals surface area contributed by atoms with E-state index in [0.717, 1.165) is 55.2 Å². The summed E-state index contributed by atoms with van der Waals surface area (Å²) in [6.45, 7) is 0. The molecule has 0 amide bonds. The van der Waals surface area contributed by atoms with Crippen molar-refractivity contribution in [1.82, 2.24) is 30.4 Å². The van der Waals surface area contributed by atoms with Gasteiger partial charge in [0, 0.05) is 45.4 Å². The molecule has 6 nitrogen and oxygen atoms in total. The van der Waals surface area contributed by atoms with Crippen LogP contribution in [0.3, 0.4) is 0 Å². The minimum Gasteiger partial charge on any atom is -0.256 e. The van der Waals surface area contributed by atoms with Gasteiger partial charge in [0.15, 0.2) is 0 Å². The van der Waals surface area contributed by atoms with Crippen LogP contribution in [0.25, 0.3) is 66.8 Å². The summed E-state index contributed by atoms with van der Waals surface area (Å²) in [4.78, 5) is 9.21. The van der Waals surface area contributed by atoms with Crippen molar-refractivity contribution in [2.75, 3.05) is 0 Å². The fourth-order valence-corrected chi connectivity index (χ4v) is 4.52. The SMILES string of the molecule is c1ccc2cc(-c3ccc(-c4nnc(-c5ccc(-c6cc7ccccc7cn6)cc5)nn4)cc3)ncc2c1. The average molecular weight is 489 g/mol. The summed E-state index contributed by atoms with van der Waals surface area (Å²) in [6.07, 6.45) is 3.80. The van der Waals surface area contributed by atoms with E-state index < -0.39 is 0 Å². The maximum atomic E-state index is 4.60. The van der Waals surface area contributed by atoms with Crippen molar-refractivity contribution in [2.45, 2.75) is 0 Å². The molecule has 0 aliphatic heterocycles. The van der Waals surface area contributed by atoms with Crippen LogP contribution in [-0.4, -0.2) is 30.4 Å². The molecule has 0 aliphatic rings. The highest BCUT2D eigenvalue weighted by Crippen LogP contribution is 2.26. The number of hydrogen-bond donors (Lipinski definition) is 0. The van der Waals surface area contributed by atoms with Gasteiger partial charge < -0.3 is 0 Å².